The fourth-order valence-corrected chi connectivity index (χ4v) is 3.74. The maximum Gasteiger partial charge on any atom is 0.0599 e. The van der Waals surface area contributed by atoms with Crippen LogP contribution in [0.25, 0.3) is 0 Å². The van der Waals surface area contributed by atoms with Gasteiger partial charge in [0.1, 0.15) is 0 Å². The lowest BCUT2D eigenvalue weighted by Crippen LogP contribution is -2.22. The highest BCUT2D eigenvalue weighted by Gasteiger charge is 2.18. The van der Waals surface area contributed by atoms with Gasteiger partial charge < -0.3 is 5.32 Å². The third kappa shape index (κ3) is 2.97. The fraction of sp³-hybridized carbons (Fsp3) is 0.286. The summed E-state index contributed by atoms with van der Waals surface area (Å²) in [5.41, 5.74) is 3.76. The van der Waals surface area contributed by atoms with E-state index in [1.165, 1.54) is 16.7 Å². The van der Waals surface area contributed by atoms with Crippen LogP contribution in [0.2, 0.25) is 5.02 Å². The van der Waals surface area contributed by atoms with Crippen molar-refractivity contribution in [2.75, 3.05) is 6.54 Å². The zero-order valence-electron chi connectivity index (χ0n) is 10.3. The minimum Gasteiger partial charge on any atom is -0.306 e. The van der Waals surface area contributed by atoms with E-state index in [0.717, 1.165) is 16.0 Å². The van der Waals surface area contributed by atoms with Crippen LogP contribution < -0.4 is 5.32 Å². The summed E-state index contributed by atoms with van der Waals surface area (Å²) in [6.45, 7) is 5.16. The van der Waals surface area contributed by atoms with Gasteiger partial charge in [0, 0.05) is 14.9 Å². The van der Waals surface area contributed by atoms with Crippen molar-refractivity contribution in [3.05, 3.63) is 55.1 Å². The Bertz CT molecular complexity index is 538. The van der Waals surface area contributed by atoms with Crippen LogP contribution in [0.5, 0.6) is 0 Å². The third-order valence-electron chi connectivity index (χ3n) is 2.91. The molecule has 0 bridgehead atoms. The largest absolute Gasteiger partial charge is 0.306 e. The highest BCUT2D eigenvalue weighted by molar-refractivity contribution is 9.10. The van der Waals surface area contributed by atoms with E-state index in [1.54, 1.807) is 11.3 Å². The Balaban J connectivity index is 2.48. The van der Waals surface area contributed by atoms with Crippen molar-refractivity contribution < 1.29 is 0 Å². The van der Waals surface area contributed by atoms with Crippen molar-refractivity contribution in [1.29, 1.82) is 0 Å². The molecule has 0 spiro atoms. The Hall–Kier alpha value is -0.350. The minimum absolute atomic E-state index is 0.189. The first kappa shape index (κ1) is 14.1. The van der Waals surface area contributed by atoms with Crippen LogP contribution >= 0.6 is 38.9 Å². The average molecular weight is 345 g/mol. The average Bonchev–Trinajstić information content (AvgIpc) is 2.76. The molecule has 1 aromatic heterocycles. The molecule has 1 aromatic carbocycles. The van der Waals surface area contributed by atoms with Gasteiger partial charge in [-0.05, 0) is 63.6 Å². The van der Waals surface area contributed by atoms with Gasteiger partial charge in [0.2, 0.25) is 0 Å². The van der Waals surface area contributed by atoms with Gasteiger partial charge in [-0.2, -0.15) is 11.3 Å². The molecule has 1 atom stereocenters. The molecule has 0 fully saturated rings. The van der Waals surface area contributed by atoms with E-state index < -0.39 is 0 Å². The summed E-state index contributed by atoms with van der Waals surface area (Å²) in [6, 6.07) is 6.25. The lowest BCUT2D eigenvalue weighted by Gasteiger charge is -2.20. The summed E-state index contributed by atoms with van der Waals surface area (Å²) < 4.78 is 1.15. The van der Waals surface area contributed by atoms with E-state index in [9.17, 15) is 0 Å². The number of nitrogens with one attached hydrogen (secondary N) is 1. The van der Waals surface area contributed by atoms with Gasteiger partial charge in [-0.1, -0.05) is 24.6 Å². The lowest BCUT2D eigenvalue weighted by molar-refractivity contribution is 0.627. The maximum absolute atomic E-state index is 6.13. The molecule has 2 aromatic rings. The van der Waals surface area contributed by atoms with Crippen molar-refractivity contribution in [2.45, 2.75) is 19.9 Å². The molecule has 0 saturated carbocycles. The fourth-order valence-electron chi connectivity index (χ4n) is 2.01. The molecular formula is C14H15BrClNS. The van der Waals surface area contributed by atoms with Gasteiger partial charge in [0.05, 0.1) is 6.04 Å². The van der Waals surface area contributed by atoms with Crippen LogP contribution in [0.4, 0.5) is 0 Å². The molecule has 1 unspecified atom stereocenters. The normalized spacial score (nSPS) is 12.7. The lowest BCUT2D eigenvalue weighted by atomic mass is 9.97. The third-order valence-corrected chi connectivity index (χ3v) is 4.90. The summed E-state index contributed by atoms with van der Waals surface area (Å²) in [5, 5.41) is 8.60. The zero-order chi connectivity index (χ0) is 13.1. The van der Waals surface area contributed by atoms with Crippen LogP contribution in [-0.2, 0) is 0 Å². The summed E-state index contributed by atoms with van der Waals surface area (Å²) >= 11 is 11.4. The van der Waals surface area contributed by atoms with E-state index in [-0.39, 0.29) is 6.04 Å². The second-order valence-electron chi connectivity index (χ2n) is 4.17. The molecule has 0 aliphatic heterocycles. The highest BCUT2D eigenvalue weighted by Crippen LogP contribution is 2.33. The number of thiophene rings is 1. The predicted molar refractivity (Wildman–Crippen MR) is 83.7 cm³/mol. The zero-order valence-corrected chi connectivity index (χ0v) is 13.5. The van der Waals surface area contributed by atoms with Crippen LogP contribution in [0.15, 0.2) is 33.4 Å². The maximum atomic E-state index is 6.13. The van der Waals surface area contributed by atoms with Crippen molar-refractivity contribution >= 4 is 38.9 Å². The summed E-state index contributed by atoms with van der Waals surface area (Å²) in [7, 11) is 0. The summed E-state index contributed by atoms with van der Waals surface area (Å²) in [5.74, 6) is 0. The van der Waals surface area contributed by atoms with Gasteiger partial charge in [0.25, 0.3) is 0 Å². The first-order chi connectivity index (χ1) is 8.63. The Kier molecular flexibility index (Phi) is 4.84. The molecule has 0 radical (unpaired) electrons. The quantitative estimate of drug-likeness (QED) is 0.806. The first-order valence-electron chi connectivity index (χ1n) is 5.84. The van der Waals surface area contributed by atoms with Crippen LogP contribution in [0.3, 0.4) is 0 Å². The molecular weight excluding hydrogens is 330 g/mol. The molecule has 0 saturated heterocycles. The minimum atomic E-state index is 0.189. The standard InChI is InChI=1S/C14H15BrClNS/c1-3-17-14(12-7-18-8-13(12)15)11-6-10(16)5-4-9(11)2/h4-8,14,17H,3H2,1-2H3. The Morgan fingerprint density at radius 2 is 2.11 bits per heavy atom. The van der Waals surface area contributed by atoms with Gasteiger partial charge in [-0.15, -0.1) is 0 Å². The highest BCUT2D eigenvalue weighted by atomic mass is 79.9. The molecule has 1 N–H and O–H groups in total. The van der Waals surface area contributed by atoms with Crippen LogP contribution in [-0.4, -0.2) is 6.54 Å². The summed E-state index contributed by atoms with van der Waals surface area (Å²) in [6.07, 6.45) is 0. The van der Waals surface area contributed by atoms with E-state index in [4.69, 9.17) is 11.6 Å². The second-order valence-corrected chi connectivity index (χ2v) is 6.20. The van der Waals surface area contributed by atoms with Crippen molar-refractivity contribution in [3.8, 4) is 0 Å². The van der Waals surface area contributed by atoms with E-state index in [1.807, 2.05) is 12.1 Å². The van der Waals surface area contributed by atoms with Crippen molar-refractivity contribution in [2.24, 2.45) is 0 Å². The van der Waals surface area contributed by atoms with E-state index in [0.29, 0.717) is 0 Å². The van der Waals surface area contributed by atoms with Crippen molar-refractivity contribution in [1.82, 2.24) is 5.32 Å². The molecule has 0 amide bonds. The number of halogens is 2. The SMILES string of the molecule is CCNC(c1cc(Cl)ccc1C)c1cscc1Br. The Labute approximate surface area is 125 Å². The predicted octanol–water partition coefficient (Wildman–Crippen LogP) is 5.17. The number of benzene rings is 1. The number of hydrogen-bond acceptors (Lipinski definition) is 2. The number of rotatable bonds is 4. The molecule has 18 heavy (non-hydrogen) atoms. The monoisotopic (exact) mass is 343 g/mol. The molecule has 2 rings (SSSR count). The molecule has 0 aliphatic rings. The molecule has 0 aliphatic carbocycles. The smallest absolute Gasteiger partial charge is 0.0599 e. The Morgan fingerprint density at radius 1 is 1.33 bits per heavy atom. The van der Waals surface area contributed by atoms with Crippen LogP contribution in [0, 0.1) is 6.92 Å². The van der Waals surface area contributed by atoms with Gasteiger partial charge >= 0.3 is 0 Å². The Morgan fingerprint density at radius 3 is 2.72 bits per heavy atom. The van der Waals surface area contributed by atoms with Gasteiger partial charge in [-0.3, -0.25) is 0 Å². The van der Waals surface area contributed by atoms with Gasteiger partial charge in [-0.25, -0.2) is 0 Å². The number of aryl methyl sites for hydroxylation is 1. The molecule has 1 heterocycles. The topological polar surface area (TPSA) is 12.0 Å². The number of hydrogen-bond donors (Lipinski definition) is 1. The van der Waals surface area contributed by atoms with E-state index in [2.05, 4.69) is 51.9 Å². The molecule has 1 nitrogen and oxygen atoms in total. The molecule has 96 valence electrons. The first-order valence-corrected chi connectivity index (χ1v) is 7.96. The second kappa shape index (κ2) is 6.20. The van der Waals surface area contributed by atoms with Crippen molar-refractivity contribution in [3.63, 3.8) is 0 Å². The van der Waals surface area contributed by atoms with Crippen LogP contribution in [0.1, 0.15) is 29.7 Å². The molecule has 4 heteroatoms. The summed E-state index contributed by atoms with van der Waals surface area (Å²) in [4.78, 5) is 0. The van der Waals surface area contributed by atoms with Gasteiger partial charge in [0.15, 0.2) is 0 Å². The van der Waals surface area contributed by atoms with E-state index >= 15 is 0 Å².